The maximum absolute atomic E-state index is 4.45. The molecule has 0 aromatic carbocycles. The molecule has 1 N–H and O–H groups in total. The Balaban J connectivity index is 1.41. The van der Waals surface area contributed by atoms with Crippen LogP contribution in [0.5, 0.6) is 0 Å². The van der Waals surface area contributed by atoms with Crippen molar-refractivity contribution in [3.8, 4) is 0 Å². The van der Waals surface area contributed by atoms with Gasteiger partial charge in [0.25, 0.3) is 0 Å². The van der Waals surface area contributed by atoms with Gasteiger partial charge in [-0.15, -0.1) is 6.58 Å². The SMILES string of the molecule is C=CCc1cnc(N[C@@H]2CCN(CCC3CCCC3)C2)cn1. The Hall–Kier alpha value is -1.42. The standard InChI is InChI=1S/C18H28N4/c1-2-5-16-12-20-18(13-19-16)21-17-9-11-22(14-17)10-8-15-6-3-4-7-15/h2,12-13,15,17H,1,3-11,14H2,(H,20,21)/t17-/m1/s1. The number of hydrogen-bond donors (Lipinski definition) is 1. The highest BCUT2D eigenvalue weighted by molar-refractivity contribution is 5.33. The molecule has 4 nitrogen and oxygen atoms in total. The lowest BCUT2D eigenvalue weighted by molar-refractivity contribution is 0.301. The van der Waals surface area contributed by atoms with Crippen LogP contribution in [-0.2, 0) is 6.42 Å². The van der Waals surface area contributed by atoms with Crippen LogP contribution in [0.2, 0.25) is 0 Å². The van der Waals surface area contributed by atoms with Crippen molar-refractivity contribution in [2.45, 2.75) is 51.0 Å². The fourth-order valence-electron chi connectivity index (χ4n) is 3.71. The van der Waals surface area contributed by atoms with Crippen LogP contribution in [0.1, 0.15) is 44.2 Å². The zero-order chi connectivity index (χ0) is 15.2. The minimum Gasteiger partial charge on any atom is -0.365 e. The smallest absolute Gasteiger partial charge is 0.144 e. The summed E-state index contributed by atoms with van der Waals surface area (Å²) in [6, 6.07) is 0.517. The molecule has 0 radical (unpaired) electrons. The van der Waals surface area contributed by atoms with Gasteiger partial charge in [0.1, 0.15) is 5.82 Å². The average molecular weight is 300 g/mol. The molecule has 0 amide bonds. The zero-order valence-corrected chi connectivity index (χ0v) is 13.5. The second kappa shape index (κ2) is 7.73. The normalized spacial score (nSPS) is 23.0. The molecule has 1 aromatic heterocycles. The molecular weight excluding hydrogens is 272 g/mol. The first-order chi connectivity index (χ1) is 10.8. The Labute approximate surface area is 134 Å². The number of nitrogens with one attached hydrogen (secondary N) is 1. The molecule has 1 saturated carbocycles. The van der Waals surface area contributed by atoms with E-state index in [2.05, 4.69) is 26.8 Å². The maximum atomic E-state index is 4.45. The molecule has 2 heterocycles. The molecular formula is C18H28N4. The molecule has 0 spiro atoms. The first kappa shape index (κ1) is 15.5. The molecule has 0 bridgehead atoms. The molecule has 22 heavy (non-hydrogen) atoms. The van der Waals surface area contributed by atoms with E-state index < -0.39 is 0 Å². The van der Waals surface area contributed by atoms with E-state index in [-0.39, 0.29) is 0 Å². The van der Waals surface area contributed by atoms with Crippen molar-refractivity contribution < 1.29 is 0 Å². The molecule has 1 aliphatic heterocycles. The lowest BCUT2D eigenvalue weighted by Gasteiger charge is -2.19. The van der Waals surface area contributed by atoms with E-state index in [0.717, 1.165) is 30.4 Å². The van der Waals surface area contributed by atoms with Gasteiger partial charge in [0, 0.05) is 25.6 Å². The first-order valence-corrected chi connectivity index (χ1v) is 8.74. The Morgan fingerprint density at radius 1 is 1.23 bits per heavy atom. The third-order valence-electron chi connectivity index (χ3n) is 5.01. The third-order valence-corrected chi connectivity index (χ3v) is 5.01. The lowest BCUT2D eigenvalue weighted by Crippen LogP contribution is -2.28. The van der Waals surface area contributed by atoms with Crippen LogP contribution in [0.3, 0.4) is 0 Å². The van der Waals surface area contributed by atoms with Crippen LogP contribution >= 0.6 is 0 Å². The summed E-state index contributed by atoms with van der Waals surface area (Å²) in [4.78, 5) is 11.5. The highest BCUT2D eigenvalue weighted by atomic mass is 15.2. The molecule has 1 saturated heterocycles. The van der Waals surface area contributed by atoms with E-state index in [9.17, 15) is 0 Å². The second-order valence-electron chi connectivity index (χ2n) is 6.76. The van der Waals surface area contributed by atoms with Gasteiger partial charge in [-0.25, -0.2) is 4.98 Å². The third kappa shape index (κ3) is 4.29. The first-order valence-electron chi connectivity index (χ1n) is 8.74. The number of anilines is 1. The molecule has 3 rings (SSSR count). The summed E-state index contributed by atoms with van der Waals surface area (Å²) < 4.78 is 0. The van der Waals surface area contributed by atoms with Crippen LogP contribution in [0.25, 0.3) is 0 Å². The van der Waals surface area contributed by atoms with Crippen molar-refractivity contribution in [1.82, 2.24) is 14.9 Å². The van der Waals surface area contributed by atoms with E-state index in [0.29, 0.717) is 6.04 Å². The Morgan fingerprint density at radius 2 is 2.09 bits per heavy atom. The largest absolute Gasteiger partial charge is 0.365 e. The van der Waals surface area contributed by atoms with Gasteiger partial charge in [-0.1, -0.05) is 31.8 Å². The quantitative estimate of drug-likeness (QED) is 0.785. The van der Waals surface area contributed by atoms with Crippen molar-refractivity contribution in [2.24, 2.45) is 5.92 Å². The number of likely N-dealkylation sites (tertiary alicyclic amines) is 1. The highest BCUT2D eigenvalue weighted by Gasteiger charge is 2.24. The molecule has 120 valence electrons. The van der Waals surface area contributed by atoms with Crippen LogP contribution in [0.4, 0.5) is 5.82 Å². The van der Waals surface area contributed by atoms with Gasteiger partial charge in [-0.3, -0.25) is 4.98 Å². The number of rotatable bonds is 7. The Kier molecular flexibility index (Phi) is 5.43. The van der Waals surface area contributed by atoms with Gasteiger partial charge >= 0.3 is 0 Å². The number of nitrogens with zero attached hydrogens (tertiary/aromatic N) is 3. The molecule has 0 unspecified atom stereocenters. The summed E-state index contributed by atoms with van der Waals surface area (Å²) in [5.41, 5.74) is 0.977. The molecule has 1 aromatic rings. The molecule has 1 atom stereocenters. The van der Waals surface area contributed by atoms with E-state index >= 15 is 0 Å². The van der Waals surface area contributed by atoms with Crippen LogP contribution in [-0.4, -0.2) is 40.5 Å². The van der Waals surface area contributed by atoms with Crippen molar-refractivity contribution in [1.29, 1.82) is 0 Å². The summed E-state index contributed by atoms with van der Waals surface area (Å²) in [7, 11) is 0. The minimum absolute atomic E-state index is 0.517. The van der Waals surface area contributed by atoms with E-state index in [4.69, 9.17) is 0 Å². The number of aromatic nitrogens is 2. The van der Waals surface area contributed by atoms with Gasteiger partial charge in [-0.05, 0) is 25.3 Å². The summed E-state index contributed by atoms with van der Waals surface area (Å²) in [5.74, 6) is 1.89. The van der Waals surface area contributed by atoms with Gasteiger partial charge in [0.15, 0.2) is 0 Å². The van der Waals surface area contributed by atoms with Crippen LogP contribution < -0.4 is 5.32 Å². The van der Waals surface area contributed by atoms with Crippen molar-refractivity contribution in [3.63, 3.8) is 0 Å². The predicted octanol–water partition coefficient (Wildman–Crippen LogP) is 3.27. The van der Waals surface area contributed by atoms with E-state index in [1.807, 2.05) is 18.5 Å². The van der Waals surface area contributed by atoms with E-state index in [1.165, 1.54) is 51.6 Å². The molecule has 4 heteroatoms. The van der Waals surface area contributed by atoms with Gasteiger partial charge < -0.3 is 10.2 Å². The fraction of sp³-hybridized carbons (Fsp3) is 0.667. The van der Waals surface area contributed by atoms with Crippen LogP contribution in [0, 0.1) is 5.92 Å². The van der Waals surface area contributed by atoms with Crippen molar-refractivity contribution >= 4 is 5.82 Å². The highest BCUT2D eigenvalue weighted by Crippen LogP contribution is 2.28. The second-order valence-corrected chi connectivity index (χ2v) is 6.76. The van der Waals surface area contributed by atoms with Crippen molar-refractivity contribution in [3.05, 3.63) is 30.7 Å². The Morgan fingerprint density at radius 3 is 2.82 bits per heavy atom. The topological polar surface area (TPSA) is 41.1 Å². The number of hydrogen-bond acceptors (Lipinski definition) is 4. The lowest BCUT2D eigenvalue weighted by atomic mass is 10.0. The van der Waals surface area contributed by atoms with Gasteiger partial charge in [0.05, 0.1) is 18.1 Å². The summed E-state index contributed by atoms with van der Waals surface area (Å²) in [5, 5.41) is 3.53. The molecule has 1 aliphatic carbocycles. The zero-order valence-electron chi connectivity index (χ0n) is 13.5. The summed E-state index contributed by atoms with van der Waals surface area (Å²) in [6.45, 7) is 7.35. The average Bonchev–Trinajstić information content (AvgIpc) is 3.19. The summed E-state index contributed by atoms with van der Waals surface area (Å²) >= 11 is 0. The van der Waals surface area contributed by atoms with Gasteiger partial charge in [-0.2, -0.15) is 0 Å². The van der Waals surface area contributed by atoms with Gasteiger partial charge in [0.2, 0.25) is 0 Å². The maximum Gasteiger partial charge on any atom is 0.144 e. The number of allylic oxidation sites excluding steroid dienone is 1. The molecule has 2 fully saturated rings. The predicted molar refractivity (Wildman–Crippen MR) is 91.0 cm³/mol. The fourth-order valence-corrected chi connectivity index (χ4v) is 3.71. The minimum atomic E-state index is 0.517. The molecule has 2 aliphatic rings. The monoisotopic (exact) mass is 300 g/mol. The Bertz CT molecular complexity index is 464. The van der Waals surface area contributed by atoms with Crippen LogP contribution in [0.15, 0.2) is 25.0 Å². The van der Waals surface area contributed by atoms with E-state index in [1.54, 1.807) is 0 Å². The van der Waals surface area contributed by atoms with Crippen molar-refractivity contribution in [2.75, 3.05) is 25.0 Å². The summed E-state index contributed by atoms with van der Waals surface area (Å²) in [6.07, 6.45) is 14.8.